The van der Waals surface area contributed by atoms with E-state index in [0.29, 0.717) is 5.56 Å². The Labute approximate surface area is 112 Å². The van der Waals surface area contributed by atoms with E-state index < -0.39 is 18.1 Å². The van der Waals surface area contributed by atoms with Crippen LogP contribution in [0.25, 0.3) is 0 Å². The fourth-order valence-corrected chi connectivity index (χ4v) is 1.84. The Morgan fingerprint density at radius 3 is 2.42 bits per heavy atom. The Hall–Kier alpha value is -1.88. The van der Waals surface area contributed by atoms with Gasteiger partial charge in [-0.2, -0.15) is 0 Å². The van der Waals surface area contributed by atoms with Gasteiger partial charge >= 0.3 is 5.97 Å². The van der Waals surface area contributed by atoms with E-state index in [-0.39, 0.29) is 11.9 Å². The third kappa shape index (κ3) is 3.79. The monoisotopic (exact) mass is 262 g/mol. The van der Waals surface area contributed by atoms with Gasteiger partial charge in [-0.25, -0.2) is 0 Å². The first kappa shape index (κ1) is 13.5. The summed E-state index contributed by atoms with van der Waals surface area (Å²) in [5.74, 6) is -1.14. The van der Waals surface area contributed by atoms with Crippen molar-refractivity contribution >= 4 is 11.9 Å². The van der Waals surface area contributed by atoms with Crippen LogP contribution >= 0.6 is 0 Å². The molecule has 2 atom stereocenters. The molecule has 5 nitrogen and oxygen atoms in total. The molecule has 19 heavy (non-hydrogen) atoms. The summed E-state index contributed by atoms with van der Waals surface area (Å²) in [5.41, 5.74) is 0.640. The first-order chi connectivity index (χ1) is 9.08. The highest BCUT2D eigenvalue weighted by molar-refractivity contribution is 5.83. The smallest absolute Gasteiger partial charge is 0.325 e. The molecule has 0 aliphatic heterocycles. The first-order valence-electron chi connectivity index (χ1n) is 6.42. The standard InChI is InChI=1S/C14H18N2O3/c1-9(13(17)16-11-7-8-11)15-12(14(18)19)10-5-3-2-4-6-10/h2-6,9,11-12,15H,7-8H2,1H3,(H,16,17)(H,18,19). The third-order valence-corrected chi connectivity index (χ3v) is 3.11. The topological polar surface area (TPSA) is 78.4 Å². The van der Waals surface area contributed by atoms with Gasteiger partial charge in [0.15, 0.2) is 0 Å². The maximum Gasteiger partial charge on any atom is 0.325 e. The number of carboxylic acids is 1. The van der Waals surface area contributed by atoms with Gasteiger partial charge in [-0.05, 0) is 25.3 Å². The second-order valence-electron chi connectivity index (χ2n) is 4.85. The van der Waals surface area contributed by atoms with Gasteiger partial charge in [0, 0.05) is 6.04 Å². The Kier molecular flexibility index (Phi) is 4.16. The number of benzene rings is 1. The van der Waals surface area contributed by atoms with Crippen LogP contribution in [0.4, 0.5) is 0 Å². The summed E-state index contributed by atoms with van der Waals surface area (Å²) in [5, 5.41) is 15.0. The number of hydrogen-bond donors (Lipinski definition) is 3. The zero-order chi connectivity index (χ0) is 13.8. The van der Waals surface area contributed by atoms with Crippen LogP contribution in [0.15, 0.2) is 30.3 Å². The second kappa shape index (κ2) is 5.84. The molecule has 0 aromatic heterocycles. The average Bonchev–Trinajstić information content (AvgIpc) is 3.20. The molecular weight excluding hydrogens is 244 g/mol. The maximum absolute atomic E-state index is 11.8. The normalized spacial score (nSPS) is 17.5. The molecule has 1 fully saturated rings. The molecule has 0 spiro atoms. The SMILES string of the molecule is CC(NC(C(=O)O)c1ccccc1)C(=O)NC1CC1. The van der Waals surface area contributed by atoms with Crippen LogP contribution in [0.3, 0.4) is 0 Å². The molecule has 0 bridgehead atoms. The highest BCUT2D eigenvalue weighted by atomic mass is 16.4. The van der Waals surface area contributed by atoms with E-state index in [1.807, 2.05) is 6.07 Å². The number of carboxylic acid groups (broad SMARTS) is 1. The van der Waals surface area contributed by atoms with Gasteiger partial charge in [-0.1, -0.05) is 30.3 Å². The largest absolute Gasteiger partial charge is 0.480 e. The number of amides is 1. The van der Waals surface area contributed by atoms with Crippen molar-refractivity contribution in [2.75, 3.05) is 0 Å². The van der Waals surface area contributed by atoms with Gasteiger partial charge in [0.25, 0.3) is 0 Å². The lowest BCUT2D eigenvalue weighted by Gasteiger charge is -2.20. The minimum atomic E-state index is -0.989. The summed E-state index contributed by atoms with van der Waals surface area (Å²) in [6.07, 6.45) is 2.03. The molecule has 2 unspecified atom stereocenters. The molecule has 1 aliphatic rings. The molecule has 2 rings (SSSR count). The van der Waals surface area contributed by atoms with Crippen molar-refractivity contribution in [2.45, 2.75) is 37.9 Å². The molecule has 1 aromatic carbocycles. The van der Waals surface area contributed by atoms with Crippen molar-refractivity contribution < 1.29 is 14.7 Å². The molecule has 1 amide bonds. The zero-order valence-corrected chi connectivity index (χ0v) is 10.8. The van der Waals surface area contributed by atoms with Crippen molar-refractivity contribution in [3.05, 3.63) is 35.9 Å². The summed E-state index contributed by atoms with van der Waals surface area (Å²) in [7, 11) is 0. The fourth-order valence-electron chi connectivity index (χ4n) is 1.84. The molecule has 0 heterocycles. The molecule has 102 valence electrons. The van der Waals surface area contributed by atoms with E-state index in [2.05, 4.69) is 10.6 Å². The Bertz CT molecular complexity index is 457. The fraction of sp³-hybridized carbons (Fsp3) is 0.429. The van der Waals surface area contributed by atoms with Gasteiger partial charge in [0.1, 0.15) is 6.04 Å². The molecule has 3 N–H and O–H groups in total. The predicted molar refractivity (Wildman–Crippen MR) is 70.6 cm³/mol. The lowest BCUT2D eigenvalue weighted by Crippen LogP contribution is -2.46. The van der Waals surface area contributed by atoms with E-state index in [1.165, 1.54) is 0 Å². The van der Waals surface area contributed by atoms with Gasteiger partial charge in [0.05, 0.1) is 6.04 Å². The first-order valence-corrected chi connectivity index (χ1v) is 6.42. The predicted octanol–water partition coefficient (Wildman–Crippen LogP) is 1.07. The minimum Gasteiger partial charge on any atom is -0.480 e. The Morgan fingerprint density at radius 2 is 1.89 bits per heavy atom. The third-order valence-electron chi connectivity index (χ3n) is 3.11. The van der Waals surface area contributed by atoms with E-state index in [4.69, 9.17) is 0 Å². The van der Waals surface area contributed by atoms with Crippen LogP contribution in [0.1, 0.15) is 31.4 Å². The van der Waals surface area contributed by atoms with Crippen LogP contribution in [0.5, 0.6) is 0 Å². The zero-order valence-electron chi connectivity index (χ0n) is 10.8. The molecular formula is C14H18N2O3. The van der Waals surface area contributed by atoms with Crippen LogP contribution in [-0.4, -0.2) is 29.1 Å². The van der Waals surface area contributed by atoms with Crippen molar-refractivity contribution in [3.8, 4) is 0 Å². The van der Waals surface area contributed by atoms with Crippen molar-refractivity contribution in [3.63, 3.8) is 0 Å². The van der Waals surface area contributed by atoms with Crippen LogP contribution < -0.4 is 10.6 Å². The van der Waals surface area contributed by atoms with E-state index in [1.54, 1.807) is 31.2 Å². The maximum atomic E-state index is 11.8. The van der Waals surface area contributed by atoms with Gasteiger partial charge in [-0.15, -0.1) is 0 Å². The molecule has 1 aliphatic carbocycles. The summed E-state index contributed by atoms with van der Waals surface area (Å²) < 4.78 is 0. The number of aliphatic carboxylic acids is 1. The Morgan fingerprint density at radius 1 is 1.26 bits per heavy atom. The molecule has 5 heteroatoms. The quantitative estimate of drug-likeness (QED) is 0.716. The van der Waals surface area contributed by atoms with Gasteiger partial charge < -0.3 is 10.4 Å². The summed E-state index contributed by atoms with van der Waals surface area (Å²) in [4.78, 5) is 23.1. The van der Waals surface area contributed by atoms with Gasteiger partial charge in [0.2, 0.25) is 5.91 Å². The lowest BCUT2D eigenvalue weighted by molar-refractivity contribution is -0.140. The van der Waals surface area contributed by atoms with Crippen LogP contribution in [0.2, 0.25) is 0 Å². The molecule has 0 radical (unpaired) electrons. The molecule has 0 saturated heterocycles. The van der Waals surface area contributed by atoms with E-state index in [9.17, 15) is 14.7 Å². The Balaban J connectivity index is 2.00. The summed E-state index contributed by atoms with van der Waals surface area (Å²) >= 11 is 0. The van der Waals surface area contributed by atoms with E-state index >= 15 is 0 Å². The number of carbonyl (C=O) groups excluding carboxylic acids is 1. The number of carbonyl (C=O) groups is 2. The van der Waals surface area contributed by atoms with Crippen LogP contribution in [-0.2, 0) is 9.59 Å². The van der Waals surface area contributed by atoms with Crippen molar-refractivity contribution in [2.24, 2.45) is 0 Å². The van der Waals surface area contributed by atoms with E-state index in [0.717, 1.165) is 12.8 Å². The van der Waals surface area contributed by atoms with Gasteiger partial charge in [-0.3, -0.25) is 14.9 Å². The average molecular weight is 262 g/mol. The molecule has 1 saturated carbocycles. The minimum absolute atomic E-state index is 0.148. The summed E-state index contributed by atoms with van der Waals surface area (Å²) in [6.45, 7) is 1.68. The number of hydrogen-bond acceptors (Lipinski definition) is 3. The second-order valence-corrected chi connectivity index (χ2v) is 4.85. The highest BCUT2D eigenvalue weighted by Gasteiger charge is 2.28. The number of rotatable bonds is 6. The highest BCUT2D eigenvalue weighted by Crippen LogP contribution is 2.19. The molecule has 1 aromatic rings. The van der Waals surface area contributed by atoms with Crippen molar-refractivity contribution in [1.29, 1.82) is 0 Å². The number of nitrogens with one attached hydrogen (secondary N) is 2. The summed E-state index contributed by atoms with van der Waals surface area (Å²) in [6, 6.07) is 7.71. The lowest BCUT2D eigenvalue weighted by atomic mass is 10.1. The van der Waals surface area contributed by atoms with Crippen molar-refractivity contribution in [1.82, 2.24) is 10.6 Å². The van der Waals surface area contributed by atoms with Crippen LogP contribution in [0, 0.1) is 0 Å².